The van der Waals surface area contributed by atoms with Crippen LogP contribution in [0.2, 0.25) is 0 Å². The average Bonchev–Trinajstić information content (AvgIpc) is 2.25. The molecule has 3 nitrogen and oxygen atoms in total. The van der Waals surface area contributed by atoms with Crippen LogP contribution in [0.25, 0.3) is 0 Å². The normalized spacial score (nSPS) is 13.7. The Kier molecular flexibility index (Phi) is 4.83. The molecule has 1 unspecified atom stereocenters. The molecular formula is C11H16O3S2. The van der Waals surface area contributed by atoms with E-state index in [-0.39, 0.29) is 4.90 Å². The van der Waals surface area contributed by atoms with Gasteiger partial charge in [0.15, 0.2) is 9.84 Å². The molecule has 16 heavy (non-hydrogen) atoms. The Morgan fingerprint density at radius 3 is 2.31 bits per heavy atom. The van der Waals surface area contributed by atoms with Crippen LogP contribution < -0.4 is 0 Å². The Hall–Kier alpha value is -0.520. The molecule has 0 bridgehead atoms. The predicted octanol–water partition coefficient (Wildman–Crippen LogP) is 1.88. The van der Waals surface area contributed by atoms with Gasteiger partial charge in [-0.05, 0) is 36.1 Å². The van der Waals surface area contributed by atoms with Gasteiger partial charge in [-0.15, -0.1) is 0 Å². The average molecular weight is 260 g/mol. The highest BCUT2D eigenvalue weighted by molar-refractivity contribution is 7.98. The first-order valence-corrected chi connectivity index (χ1v) is 8.20. The van der Waals surface area contributed by atoms with E-state index in [0.717, 1.165) is 11.3 Å². The number of benzene rings is 1. The monoisotopic (exact) mass is 260 g/mol. The molecule has 0 fully saturated rings. The number of sulfone groups is 1. The lowest BCUT2D eigenvalue weighted by Crippen LogP contribution is -2.01. The van der Waals surface area contributed by atoms with Crippen LogP contribution in [0.1, 0.15) is 18.1 Å². The molecule has 1 rings (SSSR count). The first kappa shape index (κ1) is 13.5. The third kappa shape index (κ3) is 3.81. The summed E-state index contributed by atoms with van der Waals surface area (Å²) < 4.78 is 22.4. The van der Waals surface area contributed by atoms with Gasteiger partial charge in [0.2, 0.25) is 0 Å². The first-order valence-electron chi connectivity index (χ1n) is 4.92. The van der Waals surface area contributed by atoms with Crippen LogP contribution in [0.3, 0.4) is 0 Å². The van der Waals surface area contributed by atoms with Crippen molar-refractivity contribution in [2.75, 3.05) is 18.3 Å². The van der Waals surface area contributed by atoms with Gasteiger partial charge in [0.1, 0.15) is 0 Å². The predicted molar refractivity (Wildman–Crippen MR) is 67.5 cm³/mol. The summed E-state index contributed by atoms with van der Waals surface area (Å²) in [5, 5.41) is 9.78. The SMILES string of the molecule is CSCCC(O)c1ccc(S(C)(=O)=O)cc1. The molecule has 1 aromatic carbocycles. The zero-order valence-corrected chi connectivity index (χ0v) is 11.0. The molecule has 1 N–H and O–H groups in total. The van der Waals surface area contributed by atoms with Gasteiger partial charge in [-0.3, -0.25) is 0 Å². The Labute approximate surface area is 101 Å². The second-order valence-corrected chi connectivity index (χ2v) is 6.64. The maximum absolute atomic E-state index is 11.2. The van der Waals surface area contributed by atoms with E-state index in [4.69, 9.17) is 0 Å². The second kappa shape index (κ2) is 5.70. The minimum absolute atomic E-state index is 0.285. The highest BCUT2D eigenvalue weighted by atomic mass is 32.2. The second-order valence-electron chi connectivity index (χ2n) is 3.64. The first-order chi connectivity index (χ1) is 7.45. The minimum atomic E-state index is -3.15. The Balaban J connectivity index is 2.79. The summed E-state index contributed by atoms with van der Waals surface area (Å²) in [5.41, 5.74) is 0.765. The summed E-state index contributed by atoms with van der Waals surface area (Å²) in [6.07, 6.45) is 3.33. The fourth-order valence-corrected chi connectivity index (χ4v) is 2.42. The molecule has 5 heteroatoms. The Morgan fingerprint density at radius 1 is 1.31 bits per heavy atom. The van der Waals surface area contributed by atoms with E-state index in [1.54, 1.807) is 23.9 Å². The maximum Gasteiger partial charge on any atom is 0.175 e. The lowest BCUT2D eigenvalue weighted by atomic mass is 10.1. The van der Waals surface area contributed by atoms with Crippen molar-refractivity contribution in [3.63, 3.8) is 0 Å². The summed E-state index contributed by atoms with van der Waals surface area (Å²) in [6.45, 7) is 0. The van der Waals surface area contributed by atoms with Crippen molar-refractivity contribution in [3.05, 3.63) is 29.8 Å². The van der Waals surface area contributed by atoms with Gasteiger partial charge >= 0.3 is 0 Å². The molecule has 0 saturated carbocycles. The molecule has 1 aromatic rings. The Morgan fingerprint density at radius 2 is 1.88 bits per heavy atom. The summed E-state index contributed by atoms with van der Waals surface area (Å²) >= 11 is 1.68. The van der Waals surface area contributed by atoms with Gasteiger partial charge in [-0.2, -0.15) is 11.8 Å². The van der Waals surface area contributed by atoms with E-state index in [9.17, 15) is 13.5 Å². The van der Waals surface area contributed by atoms with Gasteiger partial charge in [0.25, 0.3) is 0 Å². The largest absolute Gasteiger partial charge is 0.388 e. The van der Waals surface area contributed by atoms with Gasteiger partial charge in [0.05, 0.1) is 11.0 Å². The topological polar surface area (TPSA) is 54.4 Å². The molecule has 0 spiro atoms. The van der Waals surface area contributed by atoms with E-state index in [1.807, 2.05) is 6.26 Å². The van der Waals surface area contributed by atoms with Crippen molar-refractivity contribution in [1.29, 1.82) is 0 Å². The molecule has 0 radical (unpaired) electrons. The zero-order chi connectivity index (χ0) is 12.2. The van der Waals surface area contributed by atoms with Gasteiger partial charge in [-0.25, -0.2) is 8.42 Å². The lowest BCUT2D eigenvalue weighted by Gasteiger charge is -2.10. The van der Waals surface area contributed by atoms with E-state index in [1.165, 1.54) is 18.4 Å². The number of rotatable bonds is 5. The van der Waals surface area contributed by atoms with Gasteiger partial charge < -0.3 is 5.11 Å². The molecule has 1 atom stereocenters. The molecule has 0 heterocycles. The van der Waals surface area contributed by atoms with Crippen molar-refractivity contribution < 1.29 is 13.5 Å². The fraction of sp³-hybridized carbons (Fsp3) is 0.455. The van der Waals surface area contributed by atoms with Crippen molar-refractivity contribution in [2.24, 2.45) is 0 Å². The van der Waals surface area contributed by atoms with Crippen molar-refractivity contribution in [1.82, 2.24) is 0 Å². The van der Waals surface area contributed by atoms with Crippen molar-refractivity contribution in [3.8, 4) is 0 Å². The van der Waals surface area contributed by atoms with Gasteiger partial charge in [0, 0.05) is 6.26 Å². The summed E-state index contributed by atoms with van der Waals surface area (Å²) in [7, 11) is -3.15. The number of thioether (sulfide) groups is 1. The summed E-state index contributed by atoms with van der Waals surface area (Å²) in [5.74, 6) is 0.884. The Bertz CT molecular complexity index is 423. The molecular weight excluding hydrogens is 244 g/mol. The standard InChI is InChI=1S/C11H16O3S2/c1-15-8-7-11(12)9-3-5-10(6-4-9)16(2,13)14/h3-6,11-12H,7-8H2,1-2H3. The van der Waals surface area contributed by atoms with Crippen LogP contribution in [0, 0.1) is 0 Å². The van der Waals surface area contributed by atoms with Crippen LogP contribution in [-0.4, -0.2) is 31.8 Å². The highest BCUT2D eigenvalue weighted by Gasteiger charge is 2.10. The molecule has 0 aromatic heterocycles. The minimum Gasteiger partial charge on any atom is -0.388 e. The highest BCUT2D eigenvalue weighted by Crippen LogP contribution is 2.20. The third-order valence-corrected chi connectivity index (χ3v) is 4.06. The molecule has 0 aliphatic carbocycles. The molecule has 0 aliphatic rings. The zero-order valence-electron chi connectivity index (χ0n) is 9.38. The quantitative estimate of drug-likeness (QED) is 0.878. The fourth-order valence-electron chi connectivity index (χ4n) is 1.33. The number of hydrogen-bond acceptors (Lipinski definition) is 4. The molecule has 0 saturated heterocycles. The van der Waals surface area contributed by atoms with Crippen LogP contribution in [-0.2, 0) is 9.84 Å². The number of aliphatic hydroxyl groups excluding tert-OH is 1. The van der Waals surface area contributed by atoms with E-state index >= 15 is 0 Å². The third-order valence-electron chi connectivity index (χ3n) is 2.29. The molecule has 0 aliphatic heterocycles. The smallest absolute Gasteiger partial charge is 0.175 e. The van der Waals surface area contributed by atoms with Crippen LogP contribution in [0.4, 0.5) is 0 Å². The van der Waals surface area contributed by atoms with Crippen LogP contribution in [0.5, 0.6) is 0 Å². The summed E-state index contributed by atoms with van der Waals surface area (Å²) in [4.78, 5) is 0.285. The van der Waals surface area contributed by atoms with E-state index in [0.29, 0.717) is 6.42 Å². The van der Waals surface area contributed by atoms with E-state index < -0.39 is 15.9 Å². The maximum atomic E-state index is 11.2. The number of hydrogen-bond donors (Lipinski definition) is 1. The lowest BCUT2D eigenvalue weighted by molar-refractivity contribution is 0.175. The molecule has 0 amide bonds. The van der Waals surface area contributed by atoms with Crippen molar-refractivity contribution in [2.45, 2.75) is 17.4 Å². The van der Waals surface area contributed by atoms with Crippen LogP contribution in [0.15, 0.2) is 29.2 Å². The summed E-state index contributed by atoms with van der Waals surface area (Å²) in [6, 6.07) is 6.41. The molecule has 90 valence electrons. The number of aliphatic hydroxyl groups is 1. The van der Waals surface area contributed by atoms with Crippen LogP contribution >= 0.6 is 11.8 Å². The van der Waals surface area contributed by atoms with Gasteiger partial charge in [-0.1, -0.05) is 12.1 Å². The van der Waals surface area contributed by atoms with Crippen molar-refractivity contribution >= 4 is 21.6 Å². The van der Waals surface area contributed by atoms with E-state index in [2.05, 4.69) is 0 Å².